The van der Waals surface area contributed by atoms with Gasteiger partial charge in [0, 0.05) is 11.3 Å². The minimum absolute atomic E-state index is 0.371. The maximum atomic E-state index is 12.6. The fourth-order valence-corrected chi connectivity index (χ4v) is 3.55. The molecular weight excluding hydrogens is 340 g/mol. The van der Waals surface area contributed by atoms with Gasteiger partial charge in [-0.15, -0.1) is 0 Å². The Hall–Kier alpha value is -2.43. The van der Waals surface area contributed by atoms with Crippen LogP contribution in [0.4, 0.5) is 5.69 Å². The highest BCUT2D eigenvalue weighted by Crippen LogP contribution is 2.39. The van der Waals surface area contributed by atoms with Gasteiger partial charge >= 0.3 is 5.97 Å². The summed E-state index contributed by atoms with van der Waals surface area (Å²) in [5.41, 5.74) is 6.00. The van der Waals surface area contributed by atoms with Gasteiger partial charge in [0.25, 0.3) is 0 Å². The first-order valence-electron chi connectivity index (χ1n) is 9.62. The Bertz CT molecular complexity index is 872. The number of aliphatic imine (C=N–C) groups is 1. The number of esters is 1. The highest BCUT2D eigenvalue weighted by molar-refractivity contribution is 6.00. The Morgan fingerprint density at radius 3 is 2.56 bits per heavy atom. The Kier molecular flexibility index (Phi) is 5.49. The highest BCUT2D eigenvalue weighted by atomic mass is 16.5. The maximum absolute atomic E-state index is 12.6. The molecule has 1 aromatic carbocycles. The van der Waals surface area contributed by atoms with E-state index < -0.39 is 0 Å². The molecule has 1 unspecified atom stereocenters. The van der Waals surface area contributed by atoms with Crippen molar-refractivity contribution in [1.29, 1.82) is 0 Å². The van der Waals surface area contributed by atoms with Gasteiger partial charge in [0.1, 0.15) is 5.76 Å². The highest BCUT2D eigenvalue weighted by Gasteiger charge is 2.31. The third kappa shape index (κ3) is 3.82. The average Bonchev–Trinajstić information content (AvgIpc) is 3.43. The van der Waals surface area contributed by atoms with Gasteiger partial charge in [-0.05, 0) is 75.1 Å². The zero-order chi connectivity index (χ0) is 19.7. The number of ether oxygens (including phenoxy) is 1. The van der Waals surface area contributed by atoms with Crippen molar-refractivity contribution < 1.29 is 14.1 Å². The number of rotatable bonds is 6. The number of methoxy groups -OCH3 is 1. The number of nitrogens with zero attached hydrogens (tertiary/aromatic N) is 2. The minimum atomic E-state index is -0.371. The predicted octanol–water partition coefficient (Wildman–Crippen LogP) is 5.58. The van der Waals surface area contributed by atoms with Gasteiger partial charge in [0.15, 0.2) is 0 Å². The molecule has 1 aliphatic rings. The van der Waals surface area contributed by atoms with Crippen LogP contribution in [-0.2, 0) is 4.74 Å². The Balaban J connectivity index is 2.18. The van der Waals surface area contributed by atoms with E-state index >= 15 is 0 Å². The molecule has 27 heavy (non-hydrogen) atoms. The fraction of sp³-hybridized carbons (Fsp3) is 0.500. The molecule has 0 saturated heterocycles. The van der Waals surface area contributed by atoms with Crippen molar-refractivity contribution in [3.8, 4) is 11.1 Å². The molecule has 0 radical (unpaired) electrons. The van der Waals surface area contributed by atoms with Crippen LogP contribution in [0.2, 0.25) is 0 Å². The van der Waals surface area contributed by atoms with Crippen LogP contribution in [-0.4, -0.2) is 23.9 Å². The first-order chi connectivity index (χ1) is 12.9. The molecule has 5 nitrogen and oxygen atoms in total. The molecule has 0 bridgehead atoms. The van der Waals surface area contributed by atoms with Crippen molar-refractivity contribution in [1.82, 2.24) is 5.16 Å². The normalized spacial score (nSPS) is 15.7. The molecule has 1 aromatic heterocycles. The molecule has 0 spiro atoms. The van der Waals surface area contributed by atoms with Crippen molar-refractivity contribution in [2.24, 2.45) is 16.8 Å². The summed E-state index contributed by atoms with van der Waals surface area (Å²) in [6.07, 6.45) is 3.42. The lowest BCUT2D eigenvalue weighted by atomic mass is 9.95. The summed E-state index contributed by atoms with van der Waals surface area (Å²) in [7, 11) is 1.41. The lowest BCUT2D eigenvalue weighted by Gasteiger charge is -2.16. The Labute approximate surface area is 160 Å². The molecule has 1 heterocycles. The van der Waals surface area contributed by atoms with Crippen molar-refractivity contribution in [2.45, 2.75) is 53.9 Å². The standard InChI is InChI=1S/C22H28N2O3/c1-7-12(2)20(16-8-9-16)23-21-13(3)10-17(11-18(21)22(25)26-6)19-14(4)24-27-15(19)5/h10-12,16H,7-9H2,1-6H3. The monoisotopic (exact) mass is 368 g/mol. The van der Waals surface area contributed by atoms with E-state index in [9.17, 15) is 4.79 Å². The first kappa shape index (κ1) is 19.3. The first-order valence-corrected chi connectivity index (χ1v) is 9.62. The van der Waals surface area contributed by atoms with Gasteiger partial charge in [-0.1, -0.05) is 19.0 Å². The van der Waals surface area contributed by atoms with E-state index in [0.29, 0.717) is 17.4 Å². The summed E-state index contributed by atoms with van der Waals surface area (Å²) in [6.45, 7) is 10.2. The third-order valence-corrected chi connectivity index (χ3v) is 5.38. The lowest BCUT2D eigenvalue weighted by Crippen LogP contribution is -2.13. The van der Waals surface area contributed by atoms with E-state index in [1.165, 1.54) is 25.7 Å². The topological polar surface area (TPSA) is 64.7 Å². The van der Waals surface area contributed by atoms with Crippen LogP contribution in [0.25, 0.3) is 11.1 Å². The van der Waals surface area contributed by atoms with E-state index in [-0.39, 0.29) is 5.97 Å². The number of carbonyl (C=O) groups excluding carboxylic acids is 1. The summed E-state index contributed by atoms with van der Waals surface area (Å²) < 4.78 is 10.4. The fourth-order valence-electron chi connectivity index (χ4n) is 3.55. The van der Waals surface area contributed by atoms with Crippen LogP contribution in [0, 0.1) is 32.6 Å². The van der Waals surface area contributed by atoms with E-state index in [1.54, 1.807) is 0 Å². The number of carbonyl (C=O) groups is 1. The molecule has 1 atom stereocenters. The second kappa shape index (κ2) is 7.67. The number of hydrogen-bond donors (Lipinski definition) is 0. The second-order valence-electron chi connectivity index (χ2n) is 7.50. The number of hydrogen-bond acceptors (Lipinski definition) is 5. The van der Waals surface area contributed by atoms with E-state index in [0.717, 1.165) is 40.3 Å². The smallest absolute Gasteiger partial charge is 0.340 e. The van der Waals surface area contributed by atoms with Crippen LogP contribution in [0.3, 0.4) is 0 Å². The molecule has 3 rings (SSSR count). The van der Waals surface area contributed by atoms with Crippen LogP contribution in [0.15, 0.2) is 21.6 Å². The molecular formula is C22H28N2O3. The van der Waals surface area contributed by atoms with Gasteiger partial charge < -0.3 is 9.26 Å². The molecule has 144 valence electrons. The molecule has 5 heteroatoms. The summed E-state index contributed by atoms with van der Waals surface area (Å²) >= 11 is 0. The summed E-state index contributed by atoms with van der Waals surface area (Å²) in [4.78, 5) is 17.6. The van der Waals surface area contributed by atoms with Crippen LogP contribution < -0.4 is 0 Å². The minimum Gasteiger partial charge on any atom is -0.465 e. The number of benzene rings is 1. The zero-order valence-corrected chi connectivity index (χ0v) is 17.0. The van der Waals surface area contributed by atoms with Gasteiger partial charge in [0.2, 0.25) is 0 Å². The quantitative estimate of drug-likeness (QED) is 0.493. The van der Waals surface area contributed by atoms with Crippen LogP contribution in [0.5, 0.6) is 0 Å². The van der Waals surface area contributed by atoms with Crippen molar-refractivity contribution >= 4 is 17.4 Å². The average molecular weight is 368 g/mol. The van der Waals surface area contributed by atoms with Crippen LogP contribution >= 0.6 is 0 Å². The van der Waals surface area contributed by atoms with E-state index in [1.807, 2.05) is 26.8 Å². The third-order valence-electron chi connectivity index (χ3n) is 5.38. The van der Waals surface area contributed by atoms with Gasteiger partial charge in [-0.3, -0.25) is 4.99 Å². The summed E-state index contributed by atoms with van der Waals surface area (Å²) in [5.74, 6) is 1.32. The largest absolute Gasteiger partial charge is 0.465 e. The predicted molar refractivity (Wildman–Crippen MR) is 107 cm³/mol. The van der Waals surface area contributed by atoms with Crippen molar-refractivity contribution in [3.05, 3.63) is 34.7 Å². The summed E-state index contributed by atoms with van der Waals surface area (Å²) in [5, 5.41) is 4.03. The van der Waals surface area contributed by atoms with Gasteiger partial charge in [-0.25, -0.2) is 4.79 Å². The molecule has 1 fully saturated rings. The molecule has 0 N–H and O–H groups in total. The maximum Gasteiger partial charge on any atom is 0.340 e. The lowest BCUT2D eigenvalue weighted by molar-refractivity contribution is 0.0601. The number of aryl methyl sites for hydroxylation is 3. The molecule has 1 saturated carbocycles. The van der Waals surface area contributed by atoms with Crippen molar-refractivity contribution in [3.63, 3.8) is 0 Å². The van der Waals surface area contributed by atoms with Gasteiger partial charge in [-0.2, -0.15) is 0 Å². The Morgan fingerprint density at radius 2 is 2.04 bits per heavy atom. The van der Waals surface area contributed by atoms with E-state index in [2.05, 4.69) is 25.1 Å². The van der Waals surface area contributed by atoms with Crippen LogP contribution in [0.1, 0.15) is 60.5 Å². The van der Waals surface area contributed by atoms with Gasteiger partial charge in [0.05, 0.1) is 24.1 Å². The molecule has 0 aliphatic heterocycles. The van der Waals surface area contributed by atoms with Crippen molar-refractivity contribution in [2.75, 3.05) is 7.11 Å². The van der Waals surface area contributed by atoms with E-state index in [4.69, 9.17) is 14.3 Å². The second-order valence-corrected chi connectivity index (χ2v) is 7.50. The zero-order valence-electron chi connectivity index (χ0n) is 17.0. The number of aromatic nitrogens is 1. The Morgan fingerprint density at radius 1 is 1.33 bits per heavy atom. The molecule has 1 aliphatic carbocycles. The molecule has 2 aromatic rings. The summed E-state index contributed by atoms with van der Waals surface area (Å²) in [6, 6.07) is 3.91. The SMILES string of the molecule is CCC(C)C(=Nc1c(C)cc(-c2c(C)noc2C)cc1C(=O)OC)C1CC1. The molecule has 0 amide bonds.